The smallest absolute Gasteiger partial charge is 0.186 e. The van der Waals surface area contributed by atoms with Gasteiger partial charge in [0.1, 0.15) is 5.60 Å². The molecular formula is C13H20FN3O2. The predicted octanol–water partition coefficient (Wildman–Crippen LogP) is 2.01. The van der Waals surface area contributed by atoms with Crippen molar-refractivity contribution in [1.82, 2.24) is 9.97 Å². The van der Waals surface area contributed by atoms with E-state index in [1.165, 1.54) is 0 Å². The molecule has 106 valence electrons. The monoisotopic (exact) mass is 269 g/mol. The maximum absolute atomic E-state index is 13.9. The summed E-state index contributed by atoms with van der Waals surface area (Å²) in [7, 11) is 1.64. The van der Waals surface area contributed by atoms with Gasteiger partial charge >= 0.3 is 0 Å². The molecule has 5 nitrogen and oxygen atoms in total. The van der Waals surface area contributed by atoms with Gasteiger partial charge < -0.3 is 14.8 Å². The van der Waals surface area contributed by atoms with Crippen LogP contribution >= 0.6 is 0 Å². The molecular weight excluding hydrogens is 249 g/mol. The number of rotatable bonds is 4. The molecule has 2 rings (SSSR count). The van der Waals surface area contributed by atoms with Gasteiger partial charge in [0.2, 0.25) is 0 Å². The summed E-state index contributed by atoms with van der Waals surface area (Å²) in [6, 6.07) is 0. The Morgan fingerprint density at radius 3 is 2.63 bits per heavy atom. The fraction of sp³-hybridized carbons (Fsp3) is 0.692. The quantitative estimate of drug-likeness (QED) is 0.906. The summed E-state index contributed by atoms with van der Waals surface area (Å²) in [6.07, 6.45) is 1.36. The number of methoxy groups -OCH3 is 1. The van der Waals surface area contributed by atoms with Crippen molar-refractivity contribution in [3.8, 4) is 0 Å². The van der Waals surface area contributed by atoms with E-state index in [9.17, 15) is 4.39 Å². The van der Waals surface area contributed by atoms with Gasteiger partial charge in [-0.15, -0.1) is 0 Å². The molecule has 1 aliphatic heterocycles. The number of hydrogen-bond acceptors (Lipinski definition) is 5. The zero-order chi connectivity index (χ0) is 13.9. The molecule has 0 spiro atoms. The van der Waals surface area contributed by atoms with E-state index in [1.54, 1.807) is 14.0 Å². The Balaban J connectivity index is 2.42. The lowest BCUT2D eigenvalue weighted by Gasteiger charge is -2.34. The minimum Gasteiger partial charge on any atom is -0.381 e. The van der Waals surface area contributed by atoms with Gasteiger partial charge in [-0.25, -0.2) is 14.4 Å². The predicted molar refractivity (Wildman–Crippen MR) is 69.6 cm³/mol. The summed E-state index contributed by atoms with van der Waals surface area (Å²) in [5.74, 6) is 0.380. The van der Waals surface area contributed by atoms with Gasteiger partial charge in [0, 0.05) is 39.7 Å². The van der Waals surface area contributed by atoms with Crippen LogP contribution in [0.15, 0.2) is 0 Å². The summed E-state index contributed by atoms with van der Waals surface area (Å²) >= 11 is 0. The minimum absolute atomic E-state index is 0.243. The second-order valence-electron chi connectivity index (χ2n) is 4.64. The molecule has 1 aromatic heterocycles. The molecule has 1 fully saturated rings. The van der Waals surface area contributed by atoms with E-state index in [0.717, 1.165) is 0 Å². The second kappa shape index (κ2) is 5.79. The summed E-state index contributed by atoms with van der Waals surface area (Å²) in [5, 5.41) is 2.92. The number of nitrogens with zero attached hydrogens (tertiary/aromatic N) is 2. The third-order valence-electron chi connectivity index (χ3n) is 3.46. The van der Waals surface area contributed by atoms with Crippen molar-refractivity contribution < 1.29 is 13.9 Å². The van der Waals surface area contributed by atoms with Crippen LogP contribution in [0.3, 0.4) is 0 Å². The molecule has 0 amide bonds. The highest BCUT2D eigenvalue weighted by atomic mass is 19.1. The van der Waals surface area contributed by atoms with E-state index in [1.807, 2.05) is 6.92 Å². The fourth-order valence-electron chi connectivity index (χ4n) is 2.27. The van der Waals surface area contributed by atoms with Crippen molar-refractivity contribution in [3.63, 3.8) is 0 Å². The van der Waals surface area contributed by atoms with Crippen molar-refractivity contribution in [3.05, 3.63) is 17.3 Å². The summed E-state index contributed by atoms with van der Waals surface area (Å²) in [5.41, 5.74) is -0.232. The van der Waals surface area contributed by atoms with Crippen LogP contribution in [0.5, 0.6) is 0 Å². The van der Waals surface area contributed by atoms with Gasteiger partial charge in [-0.3, -0.25) is 0 Å². The highest BCUT2D eigenvalue weighted by Crippen LogP contribution is 2.34. The van der Waals surface area contributed by atoms with E-state index in [4.69, 9.17) is 9.47 Å². The normalized spacial score (nSPS) is 18.3. The number of nitrogens with one attached hydrogen (secondary N) is 1. The van der Waals surface area contributed by atoms with Crippen molar-refractivity contribution in [2.75, 3.05) is 32.2 Å². The largest absolute Gasteiger partial charge is 0.381 e. The molecule has 1 aromatic rings. The maximum Gasteiger partial charge on any atom is 0.186 e. The molecule has 0 atom stereocenters. The number of halogens is 1. The lowest BCUT2D eigenvalue weighted by atomic mass is 9.93. The lowest BCUT2D eigenvalue weighted by molar-refractivity contribution is -0.100. The van der Waals surface area contributed by atoms with Gasteiger partial charge in [-0.2, -0.15) is 0 Å². The molecule has 0 unspecified atom stereocenters. The van der Waals surface area contributed by atoms with Crippen LogP contribution in [0.2, 0.25) is 0 Å². The summed E-state index contributed by atoms with van der Waals surface area (Å²) < 4.78 is 24.9. The Morgan fingerprint density at radius 2 is 2.05 bits per heavy atom. The number of aryl methyl sites for hydroxylation is 1. The molecule has 0 saturated carbocycles. The van der Waals surface area contributed by atoms with Crippen LogP contribution in [0.4, 0.5) is 10.2 Å². The average Bonchev–Trinajstić information content (AvgIpc) is 2.44. The van der Waals surface area contributed by atoms with Crippen LogP contribution in [0.1, 0.15) is 31.3 Å². The maximum atomic E-state index is 13.9. The summed E-state index contributed by atoms with van der Waals surface area (Å²) in [6.45, 7) is 5.35. The number of anilines is 1. The molecule has 1 saturated heterocycles. The Hall–Kier alpha value is -1.27. The molecule has 0 aliphatic carbocycles. The highest BCUT2D eigenvalue weighted by molar-refractivity contribution is 5.38. The van der Waals surface area contributed by atoms with Crippen LogP contribution < -0.4 is 5.32 Å². The SMILES string of the molecule is CCNc1nc(C2(OC)CCOCC2)nc(C)c1F. The molecule has 0 aromatic carbocycles. The molecule has 0 bridgehead atoms. The minimum atomic E-state index is -0.569. The first-order valence-corrected chi connectivity index (χ1v) is 6.54. The highest BCUT2D eigenvalue weighted by Gasteiger charge is 2.38. The second-order valence-corrected chi connectivity index (χ2v) is 4.64. The zero-order valence-corrected chi connectivity index (χ0v) is 11.6. The van der Waals surface area contributed by atoms with Crippen LogP contribution in [0.25, 0.3) is 0 Å². The first-order chi connectivity index (χ1) is 9.13. The Bertz CT molecular complexity index is 448. The summed E-state index contributed by atoms with van der Waals surface area (Å²) in [4.78, 5) is 8.59. The van der Waals surface area contributed by atoms with Crippen LogP contribution in [-0.4, -0.2) is 36.8 Å². The fourth-order valence-corrected chi connectivity index (χ4v) is 2.27. The van der Waals surface area contributed by atoms with Crippen molar-refractivity contribution in [2.45, 2.75) is 32.3 Å². The van der Waals surface area contributed by atoms with E-state index in [2.05, 4.69) is 15.3 Å². The number of hydrogen-bond donors (Lipinski definition) is 1. The van der Waals surface area contributed by atoms with E-state index < -0.39 is 11.4 Å². The molecule has 19 heavy (non-hydrogen) atoms. The number of aromatic nitrogens is 2. The van der Waals surface area contributed by atoms with Crippen LogP contribution in [0, 0.1) is 12.7 Å². The zero-order valence-electron chi connectivity index (χ0n) is 11.6. The Morgan fingerprint density at radius 1 is 1.37 bits per heavy atom. The van der Waals surface area contributed by atoms with Gasteiger partial charge in [-0.1, -0.05) is 0 Å². The molecule has 2 heterocycles. The van der Waals surface area contributed by atoms with Crippen molar-refractivity contribution in [2.24, 2.45) is 0 Å². The molecule has 1 N–H and O–H groups in total. The third kappa shape index (κ3) is 2.69. The van der Waals surface area contributed by atoms with Crippen molar-refractivity contribution >= 4 is 5.82 Å². The Labute approximate surface area is 112 Å². The first kappa shape index (κ1) is 14.1. The molecule has 0 radical (unpaired) electrons. The van der Waals surface area contributed by atoms with Gasteiger partial charge in [-0.05, 0) is 13.8 Å². The standard InChI is InChI=1S/C13H20FN3O2/c1-4-15-11-10(14)9(2)16-12(17-11)13(18-3)5-7-19-8-6-13/h4-8H2,1-3H3,(H,15,16,17). The van der Waals surface area contributed by atoms with Gasteiger partial charge in [0.25, 0.3) is 0 Å². The Kier molecular flexibility index (Phi) is 4.31. The van der Waals surface area contributed by atoms with Crippen LogP contribution in [-0.2, 0) is 15.1 Å². The van der Waals surface area contributed by atoms with E-state index in [0.29, 0.717) is 44.1 Å². The van der Waals surface area contributed by atoms with Gasteiger partial charge in [0.05, 0.1) is 5.69 Å². The van der Waals surface area contributed by atoms with Crippen molar-refractivity contribution in [1.29, 1.82) is 0 Å². The molecule has 1 aliphatic rings. The van der Waals surface area contributed by atoms with Gasteiger partial charge in [0.15, 0.2) is 17.5 Å². The lowest BCUT2D eigenvalue weighted by Crippen LogP contribution is -2.37. The average molecular weight is 269 g/mol. The van der Waals surface area contributed by atoms with E-state index in [-0.39, 0.29) is 5.82 Å². The van der Waals surface area contributed by atoms with E-state index >= 15 is 0 Å². The first-order valence-electron chi connectivity index (χ1n) is 6.54. The third-order valence-corrected chi connectivity index (χ3v) is 3.46. The topological polar surface area (TPSA) is 56.3 Å². The number of ether oxygens (including phenoxy) is 2. The molecule has 6 heteroatoms.